The molecule has 0 aromatic rings. The van der Waals surface area contributed by atoms with E-state index >= 15 is 0 Å². The Morgan fingerprint density at radius 2 is 2.27 bits per heavy atom. The van der Waals surface area contributed by atoms with E-state index in [0.717, 1.165) is 0 Å². The minimum atomic E-state index is -1.06. The van der Waals surface area contributed by atoms with Crippen LogP contribution in [0.2, 0.25) is 0 Å². The summed E-state index contributed by atoms with van der Waals surface area (Å²) in [6.45, 7) is 0. The molecule has 1 heterocycles. The molecule has 5 heteroatoms. The van der Waals surface area contributed by atoms with Gasteiger partial charge in [-0.1, -0.05) is 0 Å². The van der Waals surface area contributed by atoms with Crippen molar-refractivity contribution >= 4 is 17.8 Å². The van der Waals surface area contributed by atoms with Gasteiger partial charge < -0.3 is 5.11 Å². The molecule has 60 valence electrons. The van der Waals surface area contributed by atoms with E-state index in [4.69, 9.17) is 5.11 Å². The van der Waals surface area contributed by atoms with E-state index in [1.54, 1.807) is 0 Å². The summed E-state index contributed by atoms with van der Waals surface area (Å²) in [6.07, 6.45) is -0.261. The molecule has 1 fully saturated rings. The van der Waals surface area contributed by atoms with E-state index in [2.05, 4.69) is 0 Å². The van der Waals surface area contributed by atoms with Gasteiger partial charge in [0, 0.05) is 6.42 Å². The van der Waals surface area contributed by atoms with Crippen LogP contribution in [0.3, 0.4) is 0 Å². The molecule has 0 radical (unpaired) electrons. The summed E-state index contributed by atoms with van der Waals surface area (Å²) in [5.74, 6) is -2.58. The number of nitrogens with one attached hydrogen (secondary N) is 1. The van der Waals surface area contributed by atoms with Gasteiger partial charge in [-0.05, 0) is 0 Å². The van der Waals surface area contributed by atoms with Crippen molar-refractivity contribution < 1.29 is 19.5 Å². The molecule has 2 amide bonds. The molecular formula is C6H7NO4. The van der Waals surface area contributed by atoms with Crippen LogP contribution in [0, 0.1) is 5.92 Å². The highest BCUT2D eigenvalue weighted by Crippen LogP contribution is 2.14. The summed E-state index contributed by atoms with van der Waals surface area (Å²) in [5.41, 5.74) is 0. The van der Waals surface area contributed by atoms with Gasteiger partial charge in [-0.25, -0.2) is 0 Å². The third-order valence-electron chi connectivity index (χ3n) is 1.49. The SMILES string of the molecule is O=C(O)C[C@H]1CC(=O)NC1=O. The largest absolute Gasteiger partial charge is 0.481 e. The number of carbonyl (C=O) groups excluding carboxylic acids is 2. The molecule has 0 unspecified atom stereocenters. The van der Waals surface area contributed by atoms with E-state index in [1.165, 1.54) is 0 Å². The summed E-state index contributed by atoms with van der Waals surface area (Å²) < 4.78 is 0. The molecule has 1 rings (SSSR count). The average molecular weight is 157 g/mol. The fourth-order valence-electron chi connectivity index (χ4n) is 0.983. The first-order chi connectivity index (χ1) is 5.09. The second kappa shape index (κ2) is 2.69. The van der Waals surface area contributed by atoms with Gasteiger partial charge in [0.25, 0.3) is 0 Å². The molecule has 0 saturated carbocycles. The van der Waals surface area contributed by atoms with E-state index in [-0.39, 0.29) is 18.7 Å². The monoisotopic (exact) mass is 157 g/mol. The maximum Gasteiger partial charge on any atom is 0.304 e. The quantitative estimate of drug-likeness (QED) is 0.510. The number of imide groups is 1. The first-order valence-corrected chi connectivity index (χ1v) is 3.15. The zero-order valence-corrected chi connectivity index (χ0v) is 5.66. The predicted octanol–water partition coefficient (Wildman–Crippen LogP) is -0.876. The number of hydrogen-bond acceptors (Lipinski definition) is 3. The highest BCUT2D eigenvalue weighted by molar-refractivity contribution is 6.04. The Balaban J connectivity index is 2.53. The molecule has 0 bridgehead atoms. The molecule has 11 heavy (non-hydrogen) atoms. The van der Waals surface area contributed by atoms with E-state index < -0.39 is 17.8 Å². The topological polar surface area (TPSA) is 83.5 Å². The Kier molecular flexibility index (Phi) is 1.89. The van der Waals surface area contributed by atoms with Crippen molar-refractivity contribution in [1.29, 1.82) is 0 Å². The lowest BCUT2D eigenvalue weighted by Crippen LogP contribution is -2.23. The number of carboxylic acid groups (broad SMARTS) is 1. The lowest BCUT2D eigenvalue weighted by atomic mass is 10.0. The fraction of sp³-hybridized carbons (Fsp3) is 0.500. The number of carboxylic acids is 1. The molecule has 0 aliphatic carbocycles. The van der Waals surface area contributed by atoms with Crippen molar-refractivity contribution in [3.63, 3.8) is 0 Å². The molecule has 0 aromatic heterocycles. The fourth-order valence-corrected chi connectivity index (χ4v) is 0.983. The second-order valence-corrected chi connectivity index (χ2v) is 2.41. The van der Waals surface area contributed by atoms with Crippen LogP contribution in [0.4, 0.5) is 0 Å². The second-order valence-electron chi connectivity index (χ2n) is 2.41. The number of aliphatic carboxylic acids is 1. The molecule has 2 N–H and O–H groups in total. The van der Waals surface area contributed by atoms with Gasteiger partial charge in [0.2, 0.25) is 11.8 Å². The van der Waals surface area contributed by atoms with E-state index in [1.807, 2.05) is 5.32 Å². The van der Waals surface area contributed by atoms with Crippen LogP contribution in [0.5, 0.6) is 0 Å². The van der Waals surface area contributed by atoms with Gasteiger partial charge in [-0.3, -0.25) is 19.7 Å². The third kappa shape index (κ3) is 1.76. The zero-order valence-electron chi connectivity index (χ0n) is 5.66. The van der Waals surface area contributed by atoms with Gasteiger partial charge >= 0.3 is 5.97 Å². The molecule has 5 nitrogen and oxygen atoms in total. The van der Waals surface area contributed by atoms with Gasteiger partial charge in [0.1, 0.15) is 0 Å². The van der Waals surface area contributed by atoms with Gasteiger partial charge in [0.15, 0.2) is 0 Å². The van der Waals surface area contributed by atoms with Crippen molar-refractivity contribution in [3.05, 3.63) is 0 Å². The van der Waals surface area contributed by atoms with Gasteiger partial charge in [-0.2, -0.15) is 0 Å². The van der Waals surface area contributed by atoms with Gasteiger partial charge in [0.05, 0.1) is 12.3 Å². The van der Waals surface area contributed by atoms with E-state index in [0.29, 0.717) is 0 Å². The summed E-state index contributed by atoms with van der Waals surface area (Å²) in [6, 6.07) is 0. The van der Waals surface area contributed by atoms with Crippen molar-refractivity contribution in [1.82, 2.24) is 5.32 Å². The van der Waals surface area contributed by atoms with Crippen LogP contribution in [0.1, 0.15) is 12.8 Å². The maximum absolute atomic E-state index is 10.7. The average Bonchev–Trinajstić information content (AvgIpc) is 2.09. The summed E-state index contributed by atoms with van der Waals surface area (Å²) in [5, 5.41) is 10.3. The smallest absolute Gasteiger partial charge is 0.304 e. The number of hydrogen-bond donors (Lipinski definition) is 2. The third-order valence-corrected chi connectivity index (χ3v) is 1.49. The molecule has 0 spiro atoms. The minimum absolute atomic E-state index is 0.00509. The first kappa shape index (κ1) is 7.71. The Morgan fingerprint density at radius 1 is 1.64 bits per heavy atom. The standard InChI is InChI=1S/C6H7NO4/c8-4-1-3(2-5(9)10)6(11)7-4/h3H,1-2H2,(H,9,10)(H,7,8,11)/t3-/m1/s1. The Hall–Kier alpha value is -1.39. The van der Waals surface area contributed by atoms with Crippen LogP contribution in [0.25, 0.3) is 0 Å². The summed E-state index contributed by atoms with van der Waals surface area (Å²) in [7, 11) is 0. The summed E-state index contributed by atoms with van der Waals surface area (Å²) in [4.78, 5) is 31.4. The van der Waals surface area contributed by atoms with Crippen LogP contribution in [0.15, 0.2) is 0 Å². The molecule has 1 atom stereocenters. The predicted molar refractivity (Wildman–Crippen MR) is 33.5 cm³/mol. The van der Waals surface area contributed by atoms with Crippen molar-refractivity contribution in [2.45, 2.75) is 12.8 Å². The van der Waals surface area contributed by atoms with Crippen molar-refractivity contribution in [2.75, 3.05) is 0 Å². The molecule has 1 saturated heterocycles. The number of carbonyl (C=O) groups is 3. The van der Waals surface area contributed by atoms with Crippen LogP contribution < -0.4 is 5.32 Å². The lowest BCUT2D eigenvalue weighted by Gasteiger charge is -1.98. The van der Waals surface area contributed by atoms with Crippen LogP contribution in [-0.4, -0.2) is 22.9 Å². The molecule has 1 aliphatic heterocycles. The van der Waals surface area contributed by atoms with E-state index in [9.17, 15) is 14.4 Å². The number of amides is 2. The lowest BCUT2D eigenvalue weighted by molar-refractivity contribution is -0.140. The zero-order chi connectivity index (χ0) is 8.43. The normalized spacial score (nSPS) is 23.5. The highest BCUT2D eigenvalue weighted by atomic mass is 16.4. The molecule has 0 aromatic carbocycles. The molecular weight excluding hydrogens is 150 g/mol. The minimum Gasteiger partial charge on any atom is -0.481 e. The van der Waals surface area contributed by atoms with Crippen LogP contribution in [-0.2, 0) is 14.4 Å². The van der Waals surface area contributed by atoms with Crippen molar-refractivity contribution in [2.24, 2.45) is 5.92 Å². The Bertz CT molecular complexity index is 223. The van der Waals surface area contributed by atoms with Crippen LogP contribution >= 0.6 is 0 Å². The Labute approximate surface area is 62.4 Å². The van der Waals surface area contributed by atoms with Crippen molar-refractivity contribution in [3.8, 4) is 0 Å². The number of rotatable bonds is 2. The van der Waals surface area contributed by atoms with Gasteiger partial charge in [-0.15, -0.1) is 0 Å². The highest BCUT2D eigenvalue weighted by Gasteiger charge is 2.31. The summed E-state index contributed by atoms with van der Waals surface area (Å²) >= 11 is 0. The Morgan fingerprint density at radius 3 is 2.64 bits per heavy atom. The maximum atomic E-state index is 10.7. The first-order valence-electron chi connectivity index (χ1n) is 3.15. The molecule has 1 aliphatic rings.